The van der Waals surface area contributed by atoms with Gasteiger partial charge in [-0.25, -0.2) is 8.78 Å². The molecular weight excluding hydrogens is 470 g/mol. The summed E-state index contributed by atoms with van der Waals surface area (Å²) in [5.41, 5.74) is -6.54. The van der Waals surface area contributed by atoms with Crippen molar-refractivity contribution in [2.45, 2.75) is 96.4 Å². The van der Waals surface area contributed by atoms with Crippen molar-refractivity contribution in [3.63, 3.8) is 0 Å². The number of allylic oxidation sites excluding steroid dienone is 4. The van der Waals surface area contributed by atoms with E-state index in [1.54, 1.807) is 13.8 Å². The fourth-order valence-corrected chi connectivity index (χ4v) is 8.34. The smallest absolute Gasteiger partial charge is 0.306 e. The molecule has 2 N–H and O–H groups in total. The predicted octanol–water partition coefficient (Wildman–Crippen LogP) is 4.32. The Morgan fingerprint density at radius 2 is 1.92 bits per heavy atom. The van der Waals surface area contributed by atoms with Gasteiger partial charge in [0.1, 0.15) is 6.61 Å². The number of fused-ring (bicyclic) bond motifs is 5. The van der Waals surface area contributed by atoms with Gasteiger partial charge in [-0.1, -0.05) is 39.7 Å². The van der Waals surface area contributed by atoms with E-state index in [9.17, 15) is 29.0 Å². The monoisotopic (exact) mass is 508 g/mol. The molecule has 0 amide bonds. The van der Waals surface area contributed by atoms with Gasteiger partial charge in [0.15, 0.2) is 17.1 Å². The number of aliphatic hydroxyl groups excluding tert-OH is 2. The molecule has 8 atom stereocenters. The molecule has 200 valence electrons. The van der Waals surface area contributed by atoms with E-state index in [4.69, 9.17) is 4.74 Å². The summed E-state index contributed by atoms with van der Waals surface area (Å²) in [4.78, 5) is 38.3. The van der Waals surface area contributed by atoms with E-state index in [1.165, 1.54) is 13.0 Å². The summed E-state index contributed by atoms with van der Waals surface area (Å²) in [6.45, 7) is 6.23. The minimum Gasteiger partial charge on any atom is -0.450 e. The molecule has 4 aliphatic carbocycles. The second-order valence-electron chi connectivity index (χ2n) is 11.7. The van der Waals surface area contributed by atoms with Crippen molar-refractivity contribution in [2.24, 2.45) is 28.6 Å². The minimum atomic E-state index is -2.28. The van der Waals surface area contributed by atoms with Gasteiger partial charge in [0.25, 0.3) is 0 Å². The maximum absolute atomic E-state index is 17.3. The third-order valence-corrected chi connectivity index (χ3v) is 10.1. The van der Waals surface area contributed by atoms with E-state index < -0.39 is 75.9 Å². The first-order valence-corrected chi connectivity index (χ1v) is 13.2. The molecule has 0 heterocycles. The van der Waals surface area contributed by atoms with Crippen LogP contribution in [0.5, 0.6) is 0 Å². The summed E-state index contributed by atoms with van der Waals surface area (Å²) in [5, 5.41) is 21.4. The number of ketones is 2. The highest BCUT2D eigenvalue weighted by molar-refractivity contribution is 6.04. The molecule has 0 unspecified atom stereocenters. The van der Waals surface area contributed by atoms with Gasteiger partial charge in [0.2, 0.25) is 11.6 Å². The van der Waals surface area contributed by atoms with E-state index in [-0.39, 0.29) is 31.3 Å². The van der Waals surface area contributed by atoms with Crippen molar-refractivity contribution < 1.29 is 38.1 Å². The number of Topliss-reactive ketones (excluding diaryl/α,β-unsaturated/α-hetero) is 1. The van der Waals surface area contributed by atoms with Crippen molar-refractivity contribution in [3.8, 4) is 0 Å². The summed E-state index contributed by atoms with van der Waals surface area (Å²) < 4.78 is 38.2. The summed E-state index contributed by atoms with van der Waals surface area (Å²) >= 11 is 0. The SMILES string of the molecule is CCCCCC(=O)O[C@]1(C(=O)CO)[C@@H](C)C[C@H]2[C@@H]3CCC4=C(F)C(=O)C=C[C@]4(C)[C@@]3(F)[C@@H](O)C[C@@]21C. The van der Waals surface area contributed by atoms with Gasteiger partial charge < -0.3 is 14.9 Å². The van der Waals surface area contributed by atoms with Crippen LogP contribution in [0.1, 0.15) is 79.1 Å². The molecule has 3 saturated carbocycles. The number of alkyl halides is 1. The molecule has 3 fully saturated rings. The molecule has 0 aliphatic heterocycles. The molecule has 0 spiro atoms. The van der Waals surface area contributed by atoms with Crippen LogP contribution < -0.4 is 0 Å². The van der Waals surface area contributed by atoms with E-state index >= 15 is 4.39 Å². The Labute approximate surface area is 211 Å². The number of carbonyl (C=O) groups is 3. The number of hydrogen-bond acceptors (Lipinski definition) is 6. The lowest BCUT2D eigenvalue weighted by Gasteiger charge is -2.62. The zero-order valence-electron chi connectivity index (χ0n) is 21.6. The Kier molecular flexibility index (Phi) is 6.87. The fraction of sp³-hybridized carbons (Fsp3) is 0.750. The van der Waals surface area contributed by atoms with Crippen LogP contribution in [0, 0.1) is 28.6 Å². The quantitative estimate of drug-likeness (QED) is 0.392. The molecule has 0 radical (unpaired) electrons. The van der Waals surface area contributed by atoms with Gasteiger partial charge >= 0.3 is 5.97 Å². The van der Waals surface area contributed by atoms with Crippen LogP contribution in [0.3, 0.4) is 0 Å². The predicted molar refractivity (Wildman–Crippen MR) is 128 cm³/mol. The number of ether oxygens (including phenoxy) is 1. The van der Waals surface area contributed by atoms with Crippen LogP contribution >= 0.6 is 0 Å². The fourth-order valence-electron chi connectivity index (χ4n) is 8.34. The van der Waals surface area contributed by atoms with E-state index in [0.717, 1.165) is 18.9 Å². The second-order valence-corrected chi connectivity index (χ2v) is 11.7. The molecule has 0 bridgehead atoms. The van der Waals surface area contributed by atoms with Gasteiger partial charge in [-0.15, -0.1) is 0 Å². The summed E-state index contributed by atoms with van der Waals surface area (Å²) in [7, 11) is 0. The van der Waals surface area contributed by atoms with Crippen LogP contribution in [-0.2, 0) is 19.1 Å². The number of rotatable bonds is 7. The first kappa shape index (κ1) is 27.1. The Morgan fingerprint density at radius 1 is 1.22 bits per heavy atom. The van der Waals surface area contributed by atoms with E-state index in [2.05, 4.69) is 0 Å². The standard InChI is InChI=1S/C28H38F2O6/c1-5-6-7-8-23(35)36-28(22(34)15-31)16(2)13-19-17-9-10-18-24(29)20(32)11-12-25(18,3)27(17,30)21(33)14-26(19,28)4/h11-12,16-17,19,21,31,33H,5-10,13-15H2,1-4H3/t16-,17-,19-,21-,25-,26-,27-,28-/m0/s1. The van der Waals surface area contributed by atoms with Gasteiger partial charge in [-0.05, 0) is 56.6 Å². The lowest BCUT2D eigenvalue weighted by atomic mass is 9.44. The average Bonchev–Trinajstić information content (AvgIpc) is 3.04. The molecule has 6 nitrogen and oxygen atoms in total. The molecule has 0 saturated heterocycles. The third-order valence-electron chi connectivity index (χ3n) is 10.1. The maximum Gasteiger partial charge on any atom is 0.306 e. The van der Waals surface area contributed by atoms with Gasteiger partial charge in [-0.3, -0.25) is 14.4 Å². The molecule has 0 aromatic rings. The van der Waals surface area contributed by atoms with Gasteiger partial charge in [-0.2, -0.15) is 0 Å². The number of unbranched alkanes of at least 4 members (excludes halogenated alkanes) is 2. The second kappa shape index (κ2) is 9.12. The average molecular weight is 509 g/mol. The highest BCUT2D eigenvalue weighted by Crippen LogP contribution is 2.71. The lowest BCUT2D eigenvalue weighted by Crippen LogP contribution is -2.70. The third kappa shape index (κ3) is 3.35. The topological polar surface area (TPSA) is 101 Å². The van der Waals surface area contributed by atoms with Crippen LogP contribution in [-0.4, -0.2) is 51.7 Å². The Bertz CT molecular complexity index is 1020. The minimum absolute atomic E-state index is 0.0718. The molecule has 36 heavy (non-hydrogen) atoms. The highest BCUT2D eigenvalue weighted by Gasteiger charge is 2.77. The first-order chi connectivity index (χ1) is 16.8. The maximum atomic E-state index is 17.3. The normalized spacial score (nSPS) is 43.6. The van der Waals surface area contributed by atoms with Crippen molar-refractivity contribution in [1.82, 2.24) is 0 Å². The molecule has 8 heteroatoms. The molecule has 0 aromatic carbocycles. The number of halogens is 2. The largest absolute Gasteiger partial charge is 0.450 e. The number of aliphatic hydroxyl groups is 2. The van der Waals surface area contributed by atoms with Crippen LogP contribution in [0.25, 0.3) is 0 Å². The summed E-state index contributed by atoms with van der Waals surface area (Å²) in [5.74, 6) is -4.67. The van der Waals surface area contributed by atoms with Crippen LogP contribution in [0.4, 0.5) is 8.78 Å². The molecular formula is C28H38F2O6. The zero-order chi connectivity index (χ0) is 26.7. The number of hydrogen-bond donors (Lipinski definition) is 2. The van der Waals surface area contributed by atoms with Crippen molar-refractivity contribution in [1.29, 1.82) is 0 Å². The van der Waals surface area contributed by atoms with Gasteiger partial charge in [0, 0.05) is 29.1 Å². The Balaban J connectivity index is 1.78. The summed E-state index contributed by atoms with van der Waals surface area (Å²) in [6.07, 6.45) is 3.79. The van der Waals surface area contributed by atoms with E-state index in [1.807, 2.05) is 6.92 Å². The Hall–Kier alpha value is -1.93. The number of carbonyl (C=O) groups excluding carboxylic acids is 3. The molecule has 0 aromatic heterocycles. The van der Waals surface area contributed by atoms with Crippen molar-refractivity contribution >= 4 is 17.5 Å². The Morgan fingerprint density at radius 3 is 2.56 bits per heavy atom. The van der Waals surface area contributed by atoms with Crippen molar-refractivity contribution in [2.75, 3.05) is 6.61 Å². The van der Waals surface area contributed by atoms with Crippen LogP contribution in [0.15, 0.2) is 23.6 Å². The van der Waals surface area contributed by atoms with Crippen molar-refractivity contribution in [3.05, 3.63) is 23.6 Å². The van der Waals surface area contributed by atoms with Crippen LogP contribution in [0.2, 0.25) is 0 Å². The molecule has 4 aliphatic rings. The highest BCUT2D eigenvalue weighted by atomic mass is 19.1. The van der Waals surface area contributed by atoms with E-state index in [0.29, 0.717) is 12.8 Å². The first-order valence-electron chi connectivity index (χ1n) is 13.2. The number of esters is 1. The summed E-state index contributed by atoms with van der Waals surface area (Å²) in [6, 6.07) is 0. The zero-order valence-corrected chi connectivity index (χ0v) is 21.6. The molecule has 4 rings (SSSR count). The lowest BCUT2D eigenvalue weighted by molar-refractivity contribution is -0.228. The van der Waals surface area contributed by atoms with Gasteiger partial charge in [0.05, 0.1) is 6.10 Å².